The van der Waals surface area contributed by atoms with Crippen LogP contribution in [0.25, 0.3) is 0 Å². The van der Waals surface area contributed by atoms with Gasteiger partial charge in [-0.2, -0.15) is 0 Å². The van der Waals surface area contributed by atoms with Gasteiger partial charge in [-0.1, -0.05) is 18.1 Å². The Kier molecular flexibility index (Phi) is 6.41. The predicted molar refractivity (Wildman–Crippen MR) is 109 cm³/mol. The minimum Gasteiger partial charge on any atom is -0.339 e. The average Bonchev–Trinajstić information content (AvgIpc) is 2.73. The van der Waals surface area contributed by atoms with E-state index in [-0.39, 0.29) is 11.8 Å². The smallest absolute Gasteiger partial charge is 0.253 e. The van der Waals surface area contributed by atoms with Crippen molar-refractivity contribution in [2.24, 2.45) is 5.73 Å². The average molecular weight is 376 g/mol. The third kappa shape index (κ3) is 5.18. The van der Waals surface area contributed by atoms with Crippen molar-refractivity contribution in [2.75, 3.05) is 18.4 Å². The Morgan fingerprint density at radius 3 is 2.61 bits per heavy atom. The van der Waals surface area contributed by atoms with Crippen molar-refractivity contribution in [2.45, 2.75) is 32.2 Å². The predicted octanol–water partition coefficient (Wildman–Crippen LogP) is 2.39. The van der Waals surface area contributed by atoms with Gasteiger partial charge in [-0.25, -0.2) is 4.98 Å². The molecular weight excluding hydrogens is 352 g/mol. The molecule has 1 atom stereocenters. The highest BCUT2D eigenvalue weighted by atomic mass is 16.2. The second-order valence-electron chi connectivity index (χ2n) is 6.87. The third-order valence-electron chi connectivity index (χ3n) is 4.50. The number of anilines is 1. The number of nitrogens with zero attached hydrogens (tertiary/aromatic N) is 2. The number of hydrogen-bond acceptors (Lipinski definition) is 4. The molecule has 1 aromatic heterocycles. The molecule has 6 heteroatoms. The number of likely N-dealkylation sites (tertiary alicyclic amines) is 1. The van der Waals surface area contributed by atoms with Gasteiger partial charge < -0.3 is 16.0 Å². The number of hydrogen-bond donors (Lipinski definition) is 2. The summed E-state index contributed by atoms with van der Waals surface area (Å²) in [6.07, 6.45) is 3.31. The number of pyridine rings is 1. The van der Waals surface area contributed by atoms with Crippen molar-refractivity contribution < 1.29 is 9.59 Å². The fourth-order valence-corrected chi connectivity index (χ4v) is 2.96. The zero-order valence-corrected chi connectivity index (χ0v) is 15.9. The maximum Gasteiger partial charge on any atom is 0.253 e. The van der Waals surface area contributed by atoms with E-state index >= 15 is 0 Å². The molecule has 3 rings (SSSR count). The minimum atomic E-state index is -0.614. The van der Waals surface area contributed by atoms with Gasteiger partial charge in [0, 0.05) is 24.2 Å². The number of carbonyl (C=O) groups is 2. The van der Waals surface area contributed by atoms with Gasteiger partial charge in [-0.05, 0) is 62.4 Å². The van der Waals surface area contributed by atoms with Crippen LogP contribution in [0, 0.1) is 11.8 Å². The van der Waals surface area contributed by atoms with Crippen LogP contribution >= 0.6 is 0 Å². The lowest BCUT2D eigenvalue weighted by atomic mass is 10.1. The molecule has 1 saturated heterocycles. The summed E-state index contributed by atoms with van der Waals surface area (Å²) < 4.78 is 0. The molecule has 3 N–H and O–H groups in total. The number of aromatic nitrogens is 1. The van der Waals surface area contributed by atoms with E-state index in [0.717, 1.165) is 31.5 Å². The van der Waals surface area contributed by atoms with Gasteiger partial charge in [0.1, 0.15) is 11.5 Å². The van der Waals surface area contributed by atoms with E-state index < -0.39 is 6.04 Å². The Labute approximate surface area is 165 Å². The quantitative estimate of drug-likeness (QED) is 0.805. The van der Waals surface area contributed by atoms with E-state index in [1.54, 1.807) is 25.1 Å². The lowest BCUT2D eigenvalue weighted by Crippen LogP contribution is -2.35. The van der Waals surface area contributed by atoms with Gasteiger partial charge in [-0.3, -0.25) is 9.59 Å². The standard InChI is InChI=1S/C22H24N4O2/c1-16(23)21(27)25-20-10-6-9-19(24-20)12-11-17-7-5-8-18(15-17)22(28)26-13-3-2-4-14-26/h5-10,15-16H,2-4,13-14,23H2,1H3,(H,24,25,27). The normalized spacial score (nSPS) is 14.6. The van der Waals surface area contributed by atoms with Gasteiger partial charge in [0.15, 0.2) is 0 Å². The van der Waals surface area contributed by atoms with Crippen LogP contribution in [0.4, 0.5) is 5.82 Å². The first-order valence-electron chi connectivity index (χ1n) is 9.48. The summed E-state index contributed by atoms with van der Waals surface area (Å²) in [5.74, 6) is 6.18. The first kappa shape index (κ1) is 19.6. The Morgan fingerprint density at radius 2 is 1.86 bits per heavy atom. The molecule has 1 aromatic carbocycles. The van der Waals surface area contributed by atoms with E-state index in [4.69, 9.17) is 5.73 Å². The molecule has 2 amide bonds. The number of nitrogens with two attached hydrogens (primary N) is 1. The van der Waals surface area contributed by atoms with Crippen molar-refractivity contribution in [1.29, 1.82) is 0 Å². The lowest BCUT2D eigenvalue weighted by molar-refractivity contribution is -0.117. The maximum atomic E-state index is 12.6. The van der Waals surface area contributed by atoms with Crippen molar-refractivity contribution in [3.05, 3.63) is 59.3 Å². The molecule has 2 aromatic rings. The summed E-state index contributed by atoms with van der Waals surface area (Å²) in [6.45, 7) is 3.24. The summed E-state index contributed by atoms with van der Waals surface area (Å²) in [4.78, 5) is 30.5. The Morgan fingerprint density at radius 1 is 1.11 bits per heavy atom. The van der Waals surface area contributed by atoms with E-state index in [9.17, 15) is 9.59 Å². The van der Waals surface area contributed by atoms with Gasteiger partial charge in [0.2, 0.25) is 5.91 Å². The summed E-state index contributed by atoms with van der Waals surface area (Å²) in [6, 6.07) is 11.9. The number of rotatable bonds is 3. The molecule has 144 valence electrons. The van der Waals surface area contributed by atoms with Crippen molar-refractivity contribution >= 4 is 17.6 Å². The topological polar surface area (TPSA) is 88.3 Å². The molecule has 0 saturated carbocycles. The highest BCUT2D eigenvalue weighted by Crippen LogP contribution is 2.14. The highest BCUT2D eigenvalue weighted by Gasteiger charge is 2.18. The fourth-order valence-electron chi connectivity index (χ4n) is 2.96. The molecule has 0 bridgehead atoms. The molecular formula is C22H24N4O2. The van der Waals surface area contributed by atoms with Crippen LogP contribution in [0.1, 0.15) is 47.8 Å². The van der Waals surface area contributed by atoms with Crippen LogP contribution in [0.2, 0.25) is 0 Å². The molecule has 0 spiro atoms. The second-order valence-corrected chi connectivity index (χ2v) is 6.87. The third-order valence-corrected chi connectivity index (χ3v) is 4.50. The maximum absolute atomic E-state index is 12.6. The number of nitrogens with one attached hydrogen (secondary N) is 1. The van der Waals surface area contributed by atoms with E-state index in [1.165, 1.54) is 6.42 Å². The number of carbonyl (C=O) groups excluding carboxylic acids is 2. The van der Waals surface area contributed by atoms with Crippen LogP contribution in [0.5, 0.6) is 0 Å². The van der Waals surface area contributed by atoms with Crippen molar-refractivity contribution in [1.82, 2.24) is 9.88 Å². The first-order valence-corrected chi connectivity index (χ1v) is 9.48. The van der Waals surface area contributed by atoms with Crippen molar-refractivity contribution in [3.8, 4) is 11.8 Å². The zero-order chi connectivity index (χ0) is 19.9. The van der Waals surface area contributed by atoms with E-state index in [0.29, 0.717) is 17.1 Å². The lowest BCUT2D eigenvalue weighted by Gasteiger charge is -2.26. The minimum absolute atomic E-state index is 0.0575. The summed E-state index contributed by atoms with van der Waals surface area (Å²) in [5, 5.41) is 2.65. The monoisotopic (exact) mass is 376 g/mol. The second kappa shape index (κ2) is 9.16. The van der Waals surface area contributed by atoms with E-state index in [1.807, 2.05) is 29.2 Å². The van der Waals surface area contributed by atoms with Crippen LogP contribution in [0.3, 0.4) is 0 Å². The van der Waals surface area contributed by atoms with E-state index in [2.05, 4.69) is 22.1 Å². The Balaban J connectivity index is 1.74. The Hall–Kier alpha value is -3.17. The molecule has 1 fully saturated rings. The fraction of sp³-hybridized carbons (Fsp3) is 0.318. The molecule has 28 heavy (non-hydrogen) atoms. The number of benzene rings is 1. The molecule has 1 aliphatic rings. The molecule has 1 aliphatic heterocycles. The molecule has 0 aliphatic carbocycles. The Bertz CT molecular complexity index is 921. The molecule has 0 radical (unpaired) electrons. The van der Waals surface area contributed by atoms with Crippen LogP contribution < -0.4 is 11.1 Å². The summed E-state index contributed by atoms with van der Waals surface area (Å²) >= 11 is 0. The molecule has 1 unspecified atom stereocenters. The van der Waals surface area contributed by atoms with Crippen LogP contribution in [-0.4, -0.2) is 40.8 Å². The number of amides is 2. The summed E-state index contributed by atoms with van der Waals surface area (Å²) in [7, 11) is 0. The highest BCUT2D eigenvalue weighted by molar-refractivity contribution is 5.94. The van der Waals surface area contributed by atoms with Crippen molar-refractivity contribution in [3.63, 3.8) is 0 Å². The first-order chi connectivity index (χ1) is 13.5. The molecule has 6 nitrogen and oxygen atoms in total. The van der Waals surface area contributed by atoms with Gasteiger partial charge >= 0.3 is 0 Å². The SMILES string of the molecule is CC(N)C(=O)Nc1cccc(C#Cc2cccc(C(=O)N3CCCCC3)c2)n1. The van der Waals surface area contributed by atoms with Gasteiger partial charge in [0.25, 0.3) is 5.91 Å². The van der Waals surface area contributed by atoms with Gasteiger partial charge in [-0.15, -0.1) is 0 Å². The number of piperidine rings is 1. The molecule has 2 heterocycles. The zero-order valence-electron chi connectivity index (χ0n) is 15.9. The summed E-state index contributed by atoms with van der Waals surface area (Å²) in [5.41, 5.74) is 7.47. The van der Waals surface area contributed by atoms with Crippen LogP contribution in [0.15, 0.2) is 42.5 Å². The largest absolute Gasteiger partial charge is 0.339 e. The van der Waals surface area contributed by atoms with Crippen LogP contribution in [-0.2, 0) is 4.79 Å². The van der Waals surface area contributed by atoms with Gasteiger partial charge in [0.05, 0.1) is 6.04 Å².